The van der Waals surface area contributed by atoms with E-state index in [1.54, 1.807) is 36.1 Å². The lowest BCUT2D eigenvalue weighted by molar-refractivity contribution is -0.385. The predicted molar refractivity (Wildman–Crippen MR) is 102 cm³/mol. The molecule has 0 saturated carbocycles. The third-order valence-corrected chi connectivity index (χ3v) is 4.88. The van der Waals surface area contributed by atoms with Crippen molar-refractivity contribution in [3.63, 3.8) is 0 Å². The Morgan fingerprint density at radius 3 is 2.30 bits per heavy atom. The number of rotatable bonds is 5. The lowest BCUT2D eigenvalue weighted by atomic mass is 10.1. The normalized spacial score (nSPS) is 15.1. The predicted octanol–water partition coefficient (Wildman–Crippen LogP) is 3.76. The Morgan fingerprint density at radius 2 is 1.73 bits per heavy atom. The fourth-order valence-electron chi connectivity index (χ4n) is 3.29. The van der Waals surface area contributed by atoms with Crippen molar-refractivity contribution in [3.8, 4) is 5.75 Å². The fourth-order valence-corrected chi connectivity index (χ4v) is 3.29. The van der Waals surface area contributed by atoms with Gasteiger partial charge in [-0.1, -0.05) is 18.2 Å². The molecule has 7 nitrogen and oxygen atoms in total. The highest BCUT2D eigenvalue weighted by atomic mass is 19.4. The van der Waals surface area contributed by atoms with Crippen molar-refractivity contribution in [2.75, 3.05) is 26.2 Å². The number of piperazine rings is 1. The summed E-state index contributed by atoms with van der Waals surface area (Å²) in [6.45, 7) is 4.23. The first kappa shape index (κ1) is 21.6. The largest absolute Gasteiger partial charge is 0.573 e. The van der Waals surface area contributed by atoms with Crippen molar-refractivity contribution >= 4 is 11.6 Å². The van der Waals surface area contributed by atoms with Crippen LogP contribution < -0.4 is 4.74 Å². The van der Waals surface area contributed by atoms with E-state index in [1.807, 2.05) is 0 Å². The number of carbonyl (C=O) groups is 1. The van der Waals surface area contributed by atoms with Gasteiger partial charge in [-0.15, -0.1) is 13.2 Å². The Balaban J connectivity index is 1.55. The molecule has 1 amide bonds. The van der Waals surface area contributed by atoms with Gasteiger partial charge in [-0.2, -0.15) is 0 Å². The van der Waals surface area contributed by atoms with Crippen molar-refractivity contribution in [1.82, 2.24) is 9.80 Å². The van der Waals surface area contributed by atoms with Gasteiger partial charge in [-0.25, -0.2) is 0 Å². The van der Waals surface area contributed by atoms with Crippen LogP contribution in [0.15, 0.2) is 42.5 Å². The molecular formula is C20H20F3N3O4. The molecule has 0 aromatic heterocycles. The van der Waals surface area contributed by atoms with Gasteiger partial charge in [-0.3, -0.25) is 19.8 Å². The van der Waals surface area contributed by atoms with Crippen molar-refractivity contribution < 1.29 is 27.6 Å². The molecule has 0 unspecified atom stereocenters. The first-order valence-electron chi connectivity index (χ1n) is 9.24. The summed E-state index contributed by atoms with van der Waals surface area (Å²) in [4.78, 5) is 27.0. The number of hydrogen-bond acceptors (Lipinski definition) is 5. The van der Waals surface area contributed by atoms with Gasteiger partial charge in [0.25, 0.3) is 11.6 Å². The van der Waals surface area contributed by atoms with Crippen molar-refractivity contribution in [2.24, 2.45) is 0 Å². The Hall–Kier alpha value is -3.14. The van der Waals surface area contributed by atoms with Crippen LogP contribution in [0.2, 0.25) is 0 Å². The zero-order chi connectivity index (χ0) is 21.9. The van der Waals surface area contributed by atoms with Gasteiger partial charge in [-0.05, 0) is 30.7 Å². The summed E-state index contributed by atoms with van der Waals surface area (Å²) in [5, 5.41) is 11.1. The fraction of sp³-hybridized carbons (Fsp3) is 0.350. The third kappa shape index (κ3) is 5.47. The van der Waals surface area contributed by atoms with Crippen LogP contribution >= 0.6 is 0 Å². The van der Waals surface area contributed by atoms with Crippen LogP contribution in [-0.4, -0.2) is 53.2 Å². The molecule has 2 aromatic rings. The van der Waals surface area contributed by atoms with Crippen LogP contribution in [-0.2, 0) is 6.54 Å². The molecule has 1 aliphatic rings. The average Bonchev–Trinajstić information content (AvgIpc) is 2.68. The molecule has 0 radical (unpaired) electrons. The minimum Gasteiger partial charge on any atom is -0.406 e. The molecule has 1 heterocycles. The topological polar surface area (TPSA) is 75.9 Å². The van der Waals surface area contributed by atoms with E-state index < -0.39 is 11.3 Å². The van der Waals surface area contributed by atoms with Crippen LogP contribution in [0.3, 0.4) is 0 Å². The molecule has 0 N–H and O–H groups in total. The van der Waals surface area contributed by atoms with E-state index in [0.717, 1.165) is 5.56 Å². The van der Waals surface area contributed by atoms with Gasteiger partial charge < -0.3 is 9.64 Å². The first-order chi connectivity index (χ1) is 14.1. The summed E-state index contributed by atoms with van der Waals surface area (Å²) >= 11 is 0. The second-order valence-electron chi connectivity index (χ2n) is 7.02. The minimum absolute atomic E-state index is 0.0857. The Labute approximate surface area is 170 Å². The first-order valence-corrected chi connectivity index (χ1v) is 9.24. The van der Waals surface area contributed by atoms with Crippen LogP contribution in [0.1, 0.15) is 21.5 Å². The SMILES string of the molecule is Cc1ccc(C(=O)N2CCN(Cc3ccc(OC(F)(F)F)cc3)CC2)cc1[N+](=O)[O-]. The van der Waals surface area contributed by atoms with Crippen LogP contribution in [0.25, 0.3) is 0 Å². The second kappa shape index (κ2) is 8.70. The molecule has 1 fully saturated rings. The van der Waals surface area contributed by atoms with E-state index in [1.165, 1.54) is 18.2 Å². The van der Waals surface area contributed by atoms with Gasteiger partial charge >= 0.3 is 6.36 Å². The van der Waals surface area contributed by atoms with Gasteiger partial charge in [0.15, 0.2) is 0 Å². The highest BCUT2D eigenvalue weighted by Gasteiger charge is 2.31. The number of amides is 1. The molecule has 30 heavy (non-hydrogen) atoms. The summed E-state index contributed by atoms with van der Waals surface area (Å²) in [7, 11) is 0. The van der Waals surface area contributed by atoms with E-state index in [4.69, 9.17) is 0 Å². The second-order valence-corrected chi connectivity index (χ2v) is 7.02. The van der Waals surface area contributed by atoms with Crippen LogP contribution in [0, 0.1) is 17.0 Å². The average molecular weight is 423 g/mol. The molecule has 0 atom stereocenters. The lowest BCUT2D eigenvalue weighted by Crippen LogP contribution is -2.48. The molecule has 0 aliphatic carbocycles. The van der Waals surface area contributed by atoms with Crippen molar-refractivity contribution in [3.05, 3.63) is 69.3 Å². The molecule has 3 rings (SSSR count). The van der Waals surface area contributed by atoms with Gasteiger partial charge in [0, 0.05) is 49.9 Å². The maximum Gasteiger partial charge on any atom is 0.573 e. The van der Waals surface area contributed by atoms with Gasteiger partial charge in [0.05, 0.1) is 4.92 Å². The van der Waals surface area contributed by atoms with Crippen molar-refractivity contribution in [2.45, 2.75) is 19.8 Å². The summed E-state index contributed by atoms with van der Waals surface area (Å²) < 4.78 is 40.5. The number of alkyl halides is 3. The Kier molecular flexibility index (Phi) is 6.25. The summed E-state index contributed by atoms with van der Waals surface area (Å²) in [6, 6.07) is 10.1. The van der Waals surface area contributed by atoms with Gasteiger partial charge in [0.1, 0.15) is 5.75 Å². The highest BCUT2D eigenvalue weighted by Crippen LogP contribution is 2.24. The molecule has 1 saturated heterocycles. The number of hydrogen-bond donors (Lipinski definition) is 0. The molecule has 0 bridgehead atoms. The smallest absolute Gasteiger partial charge is 0.406 e. The number of ether oxygens (including phenoxy) is 1. The molecular weight excluding hydrogens is 403 g/mol. The molecule has 1 aliphatic heterocycles. The minimum atomic E-state index is -4.72. The number of nitro groups is 1. The number of nitrogens with zero attached hydrogens (tertiary/aromatic N) is 3. The number of halogens is 3. The zero-order valence-corrected chi connectivity index (χ0v) is 16.2. The summed E-state index contributed by atoms with van der Waals surface area (Å²) in [6.07, 6.45) is -4.72. The summed E-state index contributed by atoms with van der Waals surface area (Å²) in [5.74, 6) is -0.528. The molecule has 160 valence electrons. The van der Waals surface area contributed by atoms with E-state index in [-0.39, 0.29) is 22.9 Å². The molecule has 2 aromatic carbocycles. The molecule has 0 spiro atoms. The van der Waals surface area contributed by atoms with E-state index in [2.05, 4.69) is 9.64 Å². The van der Waals surface area contributed by atoms with Crippen LogP contribution in [0.5, 0.6) is 5.75 Å². The number of aryl methyl sites for hydroxylation is 1. The number of carbonyl (C=O) groups excluding carboxylic acids is 1. The lowest BCUT2D eigenvalue weighted by Gasteiger charge is -2.34. The third-order valence-electron chi connectivity index (χ3n) is 4.88. The van der Waals surface area contributed by atoms with Crippen LogP contribution in [0.4, 0.5) is 18.9 Å². The standard InChI is InChI=1S/C20H20F3N3O4/c1-14-2-5-16(12-18(14)26(28)29)19(27)25-10-8-24(9-11-25)13-15-3-6-17(7-4-15)30-20(21,22)23/h2-7,12H,8-11,13H2,1H3. The van der Waals surface area contributed by atoms with E-state index in [9.17, 15) is 28.1 Å². The Bertz CT molecular complexity index is 924. The van der Waals surface area contributed by atoms with Gasteiger partial charge in [0.2, 0.25) is 0 Å². The van der Waals surface area contributed by atoms with E-state index >= 15 is 0 Å². The maximum atomic E-state index is 12.7. The molecule has 10 heteroatoms. The number of benzene rings is 2. The van der Waals surface area contributed by atoms with Crippen molar-refractivity contribution in [1.29, 1.82) is 0 Å². The Morgan fingerprint density at radius 1 is 1.10 bits per heavy atom. The summed E-state index contributed by atoms with van der Waals surface area (Å²) in [5.41, 5.74) is 1.52. The number of nitro benzene ring substituents is 1. The monoisotopic (exact) mass is 423 g/mol. The zero-order valence-electron chi connectivity index (χ0n) is 16.2. The maximum absolute atomic E-state index is 12.7. The highest BCUT2D eigenvalue weighted by molar-refractivity contribution is 5.95. The quantitative estimate of drug-likeness (QED) is 0.541. The van der Waals surface area contributed by atoms with E-state index in [0.29, 0.717) is 38.3 Å².